The topological polar surface area (TPSA) is 26.0 Å². The van der Waals surface area contributed by atoms with Crippen molar-refractivity contribution in [1.82, 2.24) is 0 Å². The highest BCUT2D eigenvalue weighted by Gasteiger charge is 2.29. The van der Waals surface area contributed by atoms with Crippen LogP contribution in [0.1, 0.15) is 51.4 Å². The van der Waals surface area contributed by atoms with E-state index in [1.807, 2.05) is 0 Å². The number of nitrogens with zero attached hydrogens (tertiary/aromatic N) is 1. The molecule has 0 atom stereocenters. The SMILES string of the molecule is NC[N+]1(CCCCCCCCS)CCCC1.[Br-]. The molecular weight excluding hydrogens is 296 g/mol. The van der Waals surface area contributed by atoms with Gasteiger partial charge in [-0.3, -0.25) is 5.73 Å². The van der Waals surface area contributed by atoms with Gasteiger partial charge in [0.15, 0.2) is 0 Å². The molecule has 0 aromatic rings. The van der Waals surface area contributed by atoms with Crippen LogP contribution in [0.15, 0.2) is 0 Å². The smallest absolute Gasteiger partial charge is 0.130 e. The first-order valence-corrected chi connectivity index (χ1v) is 7.62. The fraction of sp³-hybridized carbons (Fsp3) is 1.00. The van der Waals surface area contributed by atoms with Gasteiger partial charge < -0.3 is 21.5 Å². The highest BCUT2D eigenvalue weighted by molar-refractivity contribution is 7.80. The molecule has 1 aliphatic rings. The van der Waals surface area contributed by atoms with E-state index in [9.17, 15) is 0 Å². The second kappa shape index (κ2) is 10.7. The predicted octanol–water partition coefficient (Wildman–Crippen LogP) is -0.212. The molecule has 1 fully saturated rings. The summed E-state index contributed by atoms with van der Waals surface area (Å²) in [6, 6.07) is 0. The third-order valence-corrected chi connectivity index (χ3v) is 4.26. The maximum absolute atomic E-state index is 5.91. The van der Waals surface area contributed by atoms with Gasteiger partial charge in [-0.15, -0.1) is 0 Å². The van der Waals surface area contributed by atoms with Gasteiger partial charge in [0.1, 0.15) is 6.67 Å². The van der Waals surface area contributed by atoms with Gasteiger partial charge in [-0.05, 0) is 25.0 Å². The number of halogens is 1. The summed E-state index contributed by atoms with van der Waals surface area (Å²) in [4.78, 5) is 0. The number of thiol groups is 1. The minimum atomic E-state index is 0. The summed E-state index contributed by atoms with van der Waals surface area (Å²) in [7, 11) is 0. The lowest BCUT2D eigenvalue weighted by Crippen LogP contribution is -3.00. The van der Waals surface area contributed by atoms with Crippen molar-refractivity contribution in [3.63, 3.8) is 0 Å². The summed E-state index contributed by atoms with van der Waals surface area (Å²) in [6.07, 6.45) is 11.0. The molecule has 0 bridgehead atoms. The second-order valence-electron chi connectivity index (χ2n) is 5.25. The molecule has 0 spiro atoms. The maximum atomic E-state index is 5.91. The van der Waals surface area contributed by atoms with Gasteiger partial charge in [0.25, 0.3) is 0 Å². The molecule has 1 rings (SSSR count). The minimum Gasteiger partial charge on any atom is -1.00 e. The molecule has 0 amide bonds. The fourth-order valence-corrected chi connectivity index (χ4v) is 2.99. The molecule has 17 heavy (non-hydrogen) atoms. The predicted molar refractivity (Wildman–Crippen MR) is 74.7 cm³/mol. The number of nitrogens with two attached hydrogens (primary N) is 1. The number of likely N-dealkylation sites (tertiary alicyclic amines) is 1. The maximum Gasteiger partial charge on any atom is 0.130 e. The lowest BCUT2D eigenvalue weighted by Gasteiger charge is -2.32. The molecule has 2 nitrogen and oxygen atoms in total. The largest absolute Gasteiger partial charge is 1.00 e. The third-order valence-electron chi connectivity index (χ3n) is 3.94. The van der Waals surface area contributed by atoms with E-state index in [4.69, 9.17) is 5.73 Å². The Morgan fingerprint density at radius 1 is 0.882 bits per heavy atom. The summed E-state index contributed by atoms with van der Waals surface area (Å²) < 4.78 is 1.20. The van der Waals surface area contributed by atoms with E-state index in [-0.39, 0.29) is 17.0 Å². The molecule has 0 unspecified atom stereocenters. The Morgan fingerprint density at radius 2 is 1.41 bits per heavy atom. The fourth-order valence-electron chi connectivity index (χ4n) is 2.77. The van der Waals surface area contributed by atoms with Gasteiger partial charge in [0.2, 0.25) is 0 Å². The summed E-state index contributed by atoms with van der Waals surface area (Å²) in [5, 5.41) is 0. The molecule has 0 radical (unpaired) electrons. The van der Waals surface area contributed by atoms with Gasteiger partial charge in [-0.1, -0.05) is 19.3 Å². The Balaban J connectivity index is 0.00000256. The van der Waals surface area contributed by atoms with Crippen LogP contribution < -0.4 is 22.7 Å². The van der Waals surface area contributed by atoms with Crippen LogP contribution >= 0.6 is 12.6 Å². The Morgan fingerprint density at radius 3 is 1.94 bits per heavy atom. The van der Waals surface area contributed by atoms with Crippen molar-refractivity contribution in [2.75, 3.05) is 32.1 Å². The average Bonchev–Trinajstić information content (AvgIpc) is 2.77. The number of unbranched alkanes of at least 4 members (excludes halogenated alkanes) is 5. The quantitative estimate of drug-likeness (QED) is 0.342. The van der Waals surface area contributed by atoms with E-state index >= 15 is 0 Å². The molecule has 2 N–H and O–H groups in total. The van der Waals surface area contributed by atoms with Crippen LogP contribution in [0.5, 0.6) is 0 Å². The minimum absolute atomic E-state index is 0. The normalized spacial score (nSPS) is 18.0. The summed E-state index contributed by atoms with van der Waals surface area (Å²) in [5.41, 5.74) is 5.91. The Labute approximate surface area is 123 Å². The van der Waals surface area contributed by atoms with E-state index in [1.165, 1.54) is 75.5 Å². The van der Waals surface area contributed by atoms with E-state index in [0.29, 0.717) is 0 Å². The van der Waals surface area contributed by atoms with Gasteiger partial charge in [0.05, 0.1) is 19.6 Å². The Hall–Kier alpha value is 0.750. The van der Waals surface area contributed by atoms with Crippen molar-refractivity contribution < 1.29 is 21.5 Å². The second-order valence-corrected chi connectivity index (χ2v) is 5.69. The molecule has 1 saturated heterocycles. The third kappa shape index (κ3) is 7.04. The van der Waals surface area contributed by atoms with Crippen LogP contribution in [-0.2, 0) is 0 Å². The average molecular weight is 325 g/mol. The van der Waals surface area contributed by atoms with Crippen LogP contribution in [0, 0.1) is 0 Å². The van der Waals surface area contributed by atoms with Crippen molar-refractivity contribution >= 4 is 12.6 Å². The molecule has 1 heterocycles. The molecule has 0 aliphatic carbocycles. The van der Waals surface area contributed by atoms with E-state index in [2.05, 4.69) is 12.6 Å². The van der Waals surface area contributed by atoms with Crippen molar-refractivity contribution in [3.05, 3.63) is 0 Å². The number of rotatable bonds is 9. The highest BCUT2D eigenvalue weighted by Crippen LogP contribution is 2.19. The lowest BCUT2D eigenvalue weighted by atomic mass is 10.1. The molecule has 0 aromatic heterocycles. The van der Waals surface area contributed by atoms with E-state index < -0.39 is 0 Å². The van der Waals surface area contributed by atoms with Crippen LogP contribution in [0.4, 0.5) is 0 Å². The van der Waals surface area contributed by atoms with Crippen molar-refractivity contribution in [2.45, 2.75) is 51.4 Å². The van der Waals surface area contributed by atoms with Gasteiger partial charge >= 0.3 is 0 Å². The van der Waals surface area contributed by atoms with Gasteiger partial charge in [-0.25, -0.2) is 0 Å². The first kappa shape index (κ1) is 17.8. The van der Waals surface area contributed by atoms with Crippen LogP contribution in [0.25, 0.3) is 0 Å². The first-order chi connectivity index (χ1) is 7.83. The zero-order valence-electron chi connectivity index (χ0n) is 11.0. The standard InChI is InChI=1S/C13H28N2S.BrH/c14-13-15(10-6-7-11-15)9-5-3-1-2-4-8-12-16;/h1-14H2;1H. The number of quaternary nitrogens is 1. The van der Waals surface area contributed by atoms with Crippen LogP contribution in [0.2, 0.25) is 0 Å². The van der Waals surface area contributed by atoms with Crippen molar-refractivity contribution in [1.29, 1.82) is 0 Å². The lowest BCUT2D eigenvalue weighted by molar-refractivity contribution is -0.916. The molecule has 0 aromatic carbocycles. The summed E-state index contributed by atoms with van der Waals surface area (Å²) >= 11 is 4.23. The summed E-state index contributed by atoms with van der Waals surface area (Å²) in [5.74, 6) is 1.05. The molecule has 0 saturated carbocycles. The molecule has 1 aliphatic heterocycles. The molecule has 4 heteroatoms. The monoisotopic (exact) mass is 324 g/mol. The van der Waals surface area contributed by atoms with Crippen molar-refractivity contribution in [3.8, 4) is 0 Å². The Kier molecular flexibility index (Phi) is 11.1. The summed E-state index contributed by atoms with van der Waals surface area (Å²) in [6.45, 7) is 4.84. The number of hydrogen-bond donors (Lipinski definition) is 2. The van der Waals surface area contributed by atoms with Gasteiger partial charge in [-0.2, -0.15) is 12.6 Å². The van der Waals surface area contributed by atoms with Crippen LogP contribution in [0.3, 0.4) is 0 Å². The number of hydrogen-bond acceptors (Lipinski definition) is 2. The molecule has 104 valence electrons. The first-order valence-electron chi connectivity index (χ1n) is 6.99. The zero-order valence-corrected chi connectivity index (χ0v) is 13.5. The van der Waals surface area contributed by atoms with E-state index in [1.54, 1.807) is 0 Å². The van der Waals surface area contributed by atoms with Crippen LogP contribution in [-0.4, -0.2) is 36.5 Å². The Bertz CT molecular complexity index is 173. The van der Waals surface area contributed by atoms with Gasteiger partial charge in [0, 0.05) is 12.8 Å². The zero-order chi connectivity index (χ0) is 11.7. The van der Waals surface area contributed by atoms with E-state index in [0.717, 1.165) is 12.4 Å². The molecular formula is C13H29BrN2S. The van der Waals surface area contributed by atoms with Crippen molar-refractivity contribution in [2.24, 2.45) is 5.73 Å². The highest BCUT2D eigenvalue weighted by atomic mass is 79.9.